The third-order valence-electron chi connectivity index (χ3n) is 10.2. The predicted molar refractivity (Wildman–Crippen MR) is 167 cm³/mol. The lowest BCUT2D eigenvalue weighted by molar-refractivity contribution is -0.320. The zero-order valence-electron chi connectivity index (χ0n) is 26.9. The second-order valence-corrected chi connectivity index (χ2v) is 14.0. The average molecular weight is 708 g/mol. The van der Waals surface area contributed by atoms with Crippen molar-refractivity contribution in [3.8, 4) is 0 Å². The molecule has 49 heavy (non-hydrogen) atoms. The second kappa shape index (κ2) is 15.4. The van der Waals surface area contributed by atoms with E-state index in [4.69, 9.17) is 53.3 Å². The Bertz CT molecular complexity index is 1170. The van der Waals surface area contributed by atoms with E-state index < -0.39 is 116 Å². The SMILES string of the molecule is NC(N)=NC1CC1(O)C(=O)N[C@@H]1C[C@H](N)C(O[C@H]2O[C@H](CNCC3CC(N)C3)[C@@H](O)[C@H](O)[C@H]2N)[C@H](O)[C@H]1O[C@H]1O[C@H](CO)[C@@H](O)[C@H](N)[C@H]1O. The van der Waals surface area contributed by atoms with Gasteiger partial charge in [-0.2, -0.15) is 0 Å². The van der Waals surface area contributed by atoms with E-state index in [1.54, 1.807) is 0 Å². The molecule has 21 heteroatoms. The number of nitrogens with one attached hydrogen (secondary N) is 2. The van der Waals surface area contributed by atoms with Gasteiger partial charge in [-0.3, -0.25) is 4.79 Å². The van der Waals surface area contributed by atoms with Crippen LogP contribution in [0.3, 0.4) is 0 Å². The molecule has 282 valence electrons. The number of aliphatic hydroxyl groups excluding tert-OH is 6. The third-order valence-corrected chi connectivity index (χ3v) is 10.2. The van der Waals surface area contributed by atoms with Crippen molar-refractivity contribution in [2.24, 2.45) is 45.3 Å². The van der Waals surface area contributed by atoms with Crippen LogP contribution in [0.5, 0.6) is 0 Å². The van der Waals surface area contributed by atoms with Crippen molar-refractivity contribution < 1.29 is 59.5 Å². The summed E-state index contributed by atoms with van der Waals surface area (Å²) < 4.78 is 23.6. The van der Waals surface area contributed by atoms with Gasteiger partial charge >= 0.3 is 0 Å². The zero-order chi connectivity index (χ0) is 35.9. The quantitative estimate of drug-likeness (QED) is 0.0661. The number of hydrogen-bond donors (Lipinski definition) is 15. The van der Waals surface area contributed by atoms with Gasteiger partial charge in [-0.15, -0.1) is 0 Å². The molecule has 3 unspecified atom stereocenters. The Hall–Kier alpha value is -1.90. The average Bonchev–Trinajstić information content (AvgIpc) is 3.69. The molecule has 21 nitrogen and oxygen atoms in total. The molecule has 5 rings (SSSR count). The molecule has 3 aliphatic carbocycles. The van der Waals surface area contributed by atoms with E-state index >= 15 is 0 Å². The van der Waals surface area contributed by atoms with Crippen molar-refractivity contribution in [3.63, 3.8) is 0 Å². The first kappa shape index (κ1) is 38.3. The standard InChI is InChI=1S/C28H53N9O12/c29-9-1-8(2-9)5-35-6-12-18(40)19(41)16(32)24(46-12)48-22-10(30)3-11(36-26(44)28(45)4-14(28)37-27(33)34)23(21(22)43)49-25-20(42)15(31)17(39)13(7-38)47-25/h8-25,35,38-43,45H,1-7,29-32H2,(H,36,44)(H4,33,34,37)/t8?,9?,10-,11+,12+,13+,14?,15-,16+,17+,18+,19+,20+,21-,22?,23-,24+,25+,28?/m0/s1. The van der Waals surface area contributed by atoms with Gasteiger partial charge in [-0.05, 0) is 31.7 Å². The highest BCUT2D eigenvalue weighted by Gasteiger charge is 2.61. The third kappa shape index (κ3) is 8.12. The fraction of sp³-hybridized carbons (Fsp3) is 0.929. The molecule has 5 aliphatic rings. The molecule has 0 aromatic rings. The van der Waals surface area contributed by atoms with Gasteiger partial charge in [0.1, 0.15) is 54.9 Å². The molecule has 2 saturated heterocycles. The maximum Gasteiger partial charge on any atom is 0.254 e. The molecule has 0 radical (unpaired) electrons. The summed E-state index contributed by atoms with van der Waals surface area (Å²) in [6, 6.07) is -5.51. The van der Waals surface area contributed by atoms with Gasteiger partial charge in [0.05, 0.1) is 30.8 Å². The van der Waals surface area contributed by atoms with E-state index in [-0.39, 0.29) is 31.4 Å². The van der Waals surface area contributed by atoms with Gasteiger partial charge < -0.3 is 99.7 Å². The summed E-state index contributed by atoms with van der Waals surface area (Å²) >= 11 is 0. The molecule has 2 heterocycles. The fourth-order valence-electron chi connectivity index (χ4n) is 7.01. The molecule has 0 spiro atoms. The number of ether oxygens (including phenoxy) is 4. The number of hydrogen-bond acceptors (Lipinski definition) is 18. The number of aliphatic imine (C=N–C) groups is 1. The molecule has 1 amide bonds. The van der Waals surface area contributed by atoms with Crippen molar-refractivity contribution in [2.75, 3.05) is 19.7 Å². The minimum absolute atomic E-state index is 0.0833. The molecule has 0 aromatic carbocycles. The van der Waals surface area contributed by atoms with Crippen molar-refractivity contribution in [1.29, 1.82) is 0 Å². The summed E-state index contributed by atoms with van der Waals surface area (Å²) in [5, 5.41) is 80.5. The second-order valence-electron chi connectivity index (χ2n) is 14.0. The zero-order valence-corrected chi connectivity index (χ0v) is 26.9. The molecule has 17 atom stereocenters. The maximum atomic E-state index is 13.2. The molecule has 3 saturated carbocycles. The van der Waals surface area contributed by atoms with Crippen LogP contribution in [-0.4, -0.2) is 177 Å². The summed E-state index contributed by atoms with van der Waals surface area (Å²) in [6.45, 7) is 0.0927. The minimum Gasteiger partial charge on any atom is -0.394 e. The van der Waals surface area contributed by atoms with Crippen LogP contribution in [0.4, 0.5) is 0 Å². The number of rotatable bonds is 12. The highest BCUT2D eigenvalue weighted by atomic mass is 16.7. The van der Waals surface area contributed by atoms with E-state index in [0.717, 1.165) is 12.8 Å². The summed E-state index contributed by atoms with van der Waals surface area (Å²) in [6.07, 6.45) is -14.1. The smallest absolute Gasteiger partial charge is 0.254 e. The van der Waals surface area contributed by atoms with Crippen LogP contribution < -0.4 is 45.0 Å². The van der Waals surface area contributed by atoms with Crippen LogP contribution in [0.15, 0.2) is 4.99 Å². The van der Waals surface area contributed by atoms with Crippen molar-refractivity contribution in [2.45, 2.75) is 135 Å². The summed E-state index contributed by atoms with van der Waals surface area (Å²) in [5.74, 6) is -0.836. The van der Waals surface area contributed by atoms with E-state index in [0.29, 0.717) is 12.5 Å². The highest BCUT2D eigenvalue weighted by Crippen LogP contribution is 2.40. The Morgan fingerprint density at radius 2 is 1.47 bits per heavy atom. The first-order valence-electron chi connectivity index (χ1n) is 16.5. The van der Waals surface area contributed by atoms with Gasteiger partial charge in [-0.1, -0.05) is 0 Å². The summed E-state index contributed by atoms with van der Waals surface area (Å²) in [4.78, 5) is 17.0. The van der Waals surface area contributed by atoms with Gasteiger partial charge in [0, 0.05) is 25.0 Å². The van der Waals surface area contributed by atoms with Gasteiger partial charge in [0.2, 0.25) is 0 Å². The van der Waals surface area contributed by atoms with Gasteiger partial charge in [0.25, 0.3) is 5.91 Å². The molecule has 21 N–H and O–H groups in total. The molecule has 5 fully saturated rings. The Morgan fingerprint density at radius 1 is 0.816 bits per heavy atom. The summed E-state index contributed by atoms with van der Waals surface area (Å²) in [7, 11) is 0. The fourth-order valence-corrected chi connectivity index (χ4v) is 7.01. The van der Waals surface area contributed by atoms with Crippen molar-refractivity contribution in [3.05, 3.63) is 0 Å². The van der Waals surface area contributed by atoms with Crippen LogP contribution in [0.2, 0.25) is 0 Å². The first-order valence-corrected chi connectivity index (χ1v) is 16.5. The number of amides is 1. The Labute approximate surface area is 282 Å². The molecular formula is C28H53N9O12. The lowest BCUT2D eigenvalue weighted by atomic mass is 9.81. The Kier molecular flexibility index (Phi) is 12.0. The molecule has 0 bridgehead atoms. The molecular weight excluding hydrogens is 654 g/mol. The molecule has 2 aliphatic heterocycles. The minimum atomic E-state index is -1.96. The van der Waals surface area contributed by atoms with Gasteiger partial charge in [0.15, 0.2) is 24.1 Å². The predicted octanol–water partition coefficient (Wildman–Crippen LogP) is -9.02. The lowest BCUT2D eigenvalue weighted by Gasteiger charge is -2.49. The van der Waals surface area contributed by atoms with Crippen LogP contribution in [0.25, 0.3) is 0 Å². The van der Waals surface area contributed by atoms with E-state index in [9.17, 15) is 40.5 Å². The molecule has 0 aromatic heterocycles. The highest BCUT2D eigenvalue weighted by molar-refractivity contribution is 5.90. The van der Waals surface area contributed by atoms with E-state index in [1.807, 2.05) is 0 Å². The first-order chi connectivity index (χ1) is 23.0. The van der Waals surface area contributed by atoms with E-state index in [1.165, 1.54) is 0 Å². The topological polar surface area (TPSA) is 388 Å². The monoisotopic (exact) mass is 707 g/mol. The number of nitrogens with two attached hydrogens (primary N) is 6. The van der Waals surface area contributed by atoms with Gasteiger partial charge in [-0.25, -0.2) is 4.99 Å². The maximum absolute atomic E-state index is 13.2. The number of nitrogens with zero attached hydrogens (tertiary/aromatic N) is 1. The summed E-state index contributed by atoms with van der Waals surface area (Å²) in [5.41, 5.74) is 33.3. The van der Waals surface area contributed by atoms with E-state index in [2.05, 4.69) is 15.6 Å². The Balaban J connectivity index is 1.32. The number of carbonyl (C=O) groups is 1. The Morgan fingerprint density at radius 3 is 2.10 bits per heavy atom. The van der Waals surface area contributed by atoms with Crippen LogP contribution in [0.1, 0.15) is 25.7 Å². The van der Waals surface area contributed by atoms with Crippen molar-refractivity contribution in [1.82, 2.24) is 10.6 Å². The van der Waals surface area contributed by atoms with Crippen LogP contribution in [0, 0.1) is 5.92 Å². The lowest BCUT2D eigenvalue weighted by Crippen LogP contribution is -2.70. The van der Waals surface area contributed by atoms with Crippen LogP contribution >= 0.6 is 0 Å². The van der Waals surface area contributed by atoms with Crippen molar-refractivity contribution >= 4 is 11.9 Å². The normalized spacial score (nSPS) is 49.9. The largest absolute Gasteiger partial charge is 0.394 e. The number of guanidine groups is 1. The number of carbonyl (C=O) groups excluding carboxylic acids is 1. The van der Waals surface area contributed by atoms with Crippen LogP contribution in [-0.2, 0) is 23.7 Å². The number of aliphatic hydroxyl groups is 7.